The molecule has 1 saturated carbocycles. The lowest BCUT2D eigenvalue weighted by atomic mass is 9.82. The van der Waals surface area contributed by atoms with Gasteiger partial charge in [-0.05, 0) is 89.9 Å². The average Bonchev–Trinajstić information content (AvgIpc) is 3.37. The van der Waals surface area contributed by atoms with Crippen LogP contribution in [0.3, 0.4) is 0 Å². The van der Waals surface area contributed by atoms with E-state index in [9.17, 15) is 24.3 Å². The Morgan fingerprint density at radius 2 is 1.44 bits per heavy atom. The van der Waals surface area contributed by atoms with Gasteiger partial charge in [0.05, 0.1) is 32.2 Å². The molecular weight excluding hydrogens is 994 g/mol. The number of aliphatic hydroxyl groups excluding tert-OH is 1. The molecule has 4 aliphatic rings. The molecule has 2 unspecified atom stereocenters. The molecule has 4 atom stereocenters. The van der Waals surface area contributed by atoms with E-state index in [0.29, 0.717) is 67.6 Å². The molecule has 5 aromatic rings. The summed E-state index contributed by atoms with van der Waals surface area (Å²) in [4.78, 5) is 71.2. The zero-order valence-corrected chi connectivity index (χ0v) is 42.6. The van der Waals surface area contributed by atoms with E-state index in [0.717, 1.165) is 51.0 Å². The Balaban J connectivity index is 0.814. The molecule has 9 rings (SSSR count). The number of Topliss-reactive ketones (excluding diaryl/α,β-unsaturated/α-hetero) is 1. The van der Waals surface area contributed by atoms with E-state index in [1.807, 2.05) is 36.4 Å². The summed E-state index contributed by atoms with van der Waals surface area (Å²) in [6.07, 6.45) is 8.40. The van der Waals surface area contributed by atoms with Gasteiger partial charge in [0.1, 0.15) is 23.9 Å². The highest BCUT2D eigenvalue weighted by atomic mass is 35.5. The number of likely N-dealkylation sites (tertiary alicyclic amines) is 2. The number of anilines is 1. The van der Waals surface area contributed by atoms with Crippen LogP contribution in [0.5, 0.6) is 0 Å². The van der Waals surface area contributed by atoms with E-state index in [2.05, 4.69) is 53.9 Å². The first kappa shape index (κ1) is 51.3. The summed E-state index contributed by atoms with van der Waals surface area (Å²) < 4.78 is 0. The predicted octanol–water partition coefficient (Wildman–Crippen LogP) is 8.20. The molecule has 1 aromatic heterocycles. The van der Waals surface area contributed by atoms with Crippen LogP contribution in [0.4, 0.5) is 5.82 Å². The fourth-order valence-electron chi connectivity index (χ4n) is 10.1. The van der Waals surface area contributed by atoms with Crippen molar-refractivity contribution in [2.24, 2.45) is 5.92 Å². The average molecular weight is 1050 g/mol. The zero-order valence-electron chi connectivity index (χ0n) is 39.6. The third-order valence-electron chi connectivity index (χ3n) is 14.0. The third kappa shape index (κ3) is 12.9. The van der Waals surface area contributed by atoms with Crippen LogP contribution in [0, 0.1) is 5.92 Å². The first-order chi connectivity index (χ1) is 34.8. The number of benzene rings is 4. The van der Waals surface area contributed by atoms with Crippen LogP contribution in [-0.4, -0.2) is 123 Å². The number of amides is 3. The Hall–Kier alpha value is -5.64. The van der Waals surface area contributed by atoms with Gasteiger partial charge in [-0.3, -0.25) is 29.0 Å². The molecule has 3 fully saturated rings. The number of nitrogens with zero attached hydrogens (tertiary/aromatic N) is 5. The lowest BCUT2D eigenvalue weighted by molar-refractivity contribution is -0.138. The van der Waals surface area contributed by atoms with Gasteiger partial charge in [0, 0.05) is 88.0 Å². The highest BCUT2D eigenvalue weighted by Crippen LogP contribution is 2.33. The van der Waals surface area contributed by atoms with Gasteiger partial charge in [0.25, 0.3) is 5.91 Å². The lowest BCUT2D eigenvalue weighted by Gasteiger charge is -2.47. The van der Waals surface area contributed by atoms with Gasteiger partial charge in [0.15, 0.2) is 5.78 Å². The van der Waals surface area contributed by atoms with Crippen LogP contribution in [-0.2, 0) is 33.8 Å². The van der Waals surface area contributed by atoms with Crippen LogP contribution in [0.1, 0.15) is 64.0 Å². The van der Waals surface area contributed by atoms with Crippen molar-refractivity contribution >= 4 is 87.9 Å². The standard InChI is InChI=1S/C55H56Cl4N8O5/c56-45-15-13-35(21-47(45)58)19-40-28-67(29-41(52(40)69)20-36-14-16-46(57)48(59)22-36)55(72)50(23-34-7-2-1-3-8-34)64-53(70)38-11-6-12-43(24-38)66-30-42(31-66)63-51-25-49(61-33-62-51)54(71)60-26-44(68)32-65-18-17-37-9-4-5-10-39(37)27-65/h1-5,7-10,13-16,19-22,25,33,38,42-44,50,68H,6,11-12,17-18,23-24,26-32H2,(H,60,71)(H,64,70)(H,61,62,63)/b40-19+,41-20+/t38?,43?,44-,50-/m0/s1. The summed E-state index contributed by atoms with van der Waals surface area (Å²) in [6.45, 7) is 3.68. The SMILES string of the molecule is O=C1/C(=C/c2ccc(Cl)c(Cl)c2)CN(C(=O)[C@H](Cc2ccccc2)NC(=O)C2CCCC(N3CC(Nc4cc(C(=O)NC[C@H](O)CN5CCc6ccccc6C5)ncn4)C3)C2)C/C1=C\c1ccc(Cl)c(Cl)c1. The molecule has 0 radical (unpaired) electrons. The molecule has 0 bridgehead atoms. The summed E-state index contributed by atoms with van der Waals surface area (Å²) in [5.74, 6) is -0.873. The quantitative estimate of drug-likeness (QED) is 0.0754. The maximum atomic E-state index is 14.9. The number of halogens is 4. The summed E-state index contributed by atoms with van der Waals surface area (Å²) in [7, 11) is 0. The number of fused-ring (bicyclic) bond motifs is 1. The Morgan fingerprint density at radius 1 is 0.778 bits per heavy atom. The van der Waals surface area contributed by atoms with Crippen LogP contribution >= 0.6 is 46.4 Å². The molecule has 4 N–H and O–H groups in total. The minimum absolute atomic E-state index is 0.0104. The topological polar surface area (TPSA) is 160 Å². The molecule has 13 nitrogen and oxygen atoms in total. The molecule has 4 aromatic carbocycles. The van der Waals surface area contributed by atoms with Crippen molar-refractivity contribution in [3.05, 3.63) is 168 Å². The maximum absolute atomic E-state index is 14.9. The van der Waals surface area contributed by atoms with E-state index in [1.165, 1.54) is 17.5 Å². The number of β-amino-alcohol motifs (C(OH)–C–C–N with tert-alkyl or cyclic N) is 1. The van der Waals surface area contributed by atoms with Gasteiger partial charge < -0.3 is 26.0 Å². The molecule has 3 amide bonds. The van der Waals surface area contributed by atoms with Gasteiger partial charge in [-0.1, -0.05) is 120 Å². The highest BCUT2D eigenvalue weighted by Gasteiger charge is 2.39. The fourth-order valence-corrected chi connectivity index (χ4v) is 10.8. The molecule has 1 aliphatic carbocycles. The smallest absolute Gasteiger partial charge is 0.270 e. The van der Waals surface area contributed by atoms with Crippen LogP contribution in [0.2, 0.25) is 20.1 Å². The number of piperidine rings is 1. The van der Waals surface area contributed by atoms with Crippen molar-refractivity contribution in [2.45, 2.75) is 69.3 Å². The van der Waals surface area contributed by atoms with E-state index in [4.69, 9.17) is 46.4 Å². The Bertz CT molecular complexity index is 2800. The molecule has 17 heteroatoms. The van der Waals surface area contributed by atoms with E-state index < -0.39 is 12.1 Å². The van der Waals surface area contributed by atoms with Gasteiger partial charge in [-0.2, -0.15) is 0 Å². The van der Waals surface area contributed by atoms with Crippen molar-refractivity contribution < 1.29 is 24.3 Å². The number of nitrogens with one attached hydrogen (secondary N) is 3. The van der Waals surface area contributed by atoms with Crippen LogP contribution in [0.25, 0.3) is 12.2 Å². The van der Waals surface area contributed by atoms with Gasteiger partial charge >= 0.3 is 0 Å². The Labute approximate surface area is 439 Å². The van der Waals surface area contributed by atoms with Crippen LogP contribution < -0.4 is 16.0 Å². The Kier molecular flexibility index (Phi) is 16.7. The minimum atomic E-state index is -0.910. The molecule has 4 heterocycles. The lowest BCUT2D eigenvalue weighted by Crippen LogP contribution is -2.60. The number of aromatic nitrogens is 2. The fraction of sp³-hybridized carbons (Fsp3) is 0.345. The molecule has 72 heavy (non-hydrogen) atoms. The van der Waals surface area contributed by atoms with Crippen molar-refractivity contribution in [1.29, 1.82) is 0 Å². The monoisotopic (exact) mass is 1050 g/mol. The number of hydrogen-bond acceptors (Lipinski definition) is 10. The zero-order chi connectivity index (χ0) is 50.3. The molecule has 374 valence electrons. The number of ketones is 1. The van der Waals surface area contributed by atoms with E-state index in [1.54, 1.807) is 59.5 Å². The van der Waals surface area contributed by atoms with Crippen LogP contribution in [0.15, 0.2) is 115 Å². The van der Waals surface area contributed by atoms with Crippen molar-refractivity contribution in [3.8, 4) is 0 Å². The normalized spacial score (nSPS) is 20.6. The molecule has 2 saturated heterocycles. The largest absolute Gasteiger partial charge is 0.390 e. The highest BCUT2D eigenvalue weighted by molar-refractivity contribution is 6.42. The first-order valence-corrected chi connectivity index (χ1v) is 25.9. The molecule has 0 spiro atoms. The summed E-state index contributed by atoms with van der Waals surface area (Å²) in [6, 6.07) is 29.1. The number of carbonyl (C=O) groups excluding carboxylic acids is 4. The molecule has 3 aliphatic heterocycles. The summed E-state index contributed by atoms with van der Waals surface area (Å²) >= 11 is 25.1. The second-order valence-electron chi connectivity index (χ2n) is 19.2. The molecular formula is C55H56Cl4N8O5. The van der Waals surface area contributed by atoms with E-state index in [-0.39, 0.29) is 73.3 Å². The maximum Gasteiger partial charge on any atom is 0.270 e. The second-order valence-corrected chi connectivity index (χ2v) is 20.8. The van der Waals surface area contributed by atoms with Crippen molar-refractivity contribution in [3.63, 3.8) is 0 Å². The number of rotatable bonds is 15. The first-order valence-electron chi connectivity index (χ1n) is 24.4. The van der Waals surface area contributed by atoms with Gasteiger partial charge in [-0.15, -0.1) is 0 Å². The number of hydrogen-bond donors (Lipinski definition) is 4. The minimum Gasteiger partial charge on any atom is -0.390 e. The predicted molar refractivity (Wildman–Crippen MR) is 283 cm³/mol. The summed E-state index contributed by atoms with van der Waals surface area (Å²) in [5.41, 5.74) is 5.74. The van der Waals surface area contributed by atoms with Gasteiger partial charge in [0.2, 0.25) is 11.8 Å². The van der Waals surface area contributed by atoms with E-state index >= 15 is 0 Å². The van der Waals surface area contributed by atoms with Crippen molar-refractivity contribution in [1.82, 2.24) is 35.3 Å². The summed E-state index contributed by atoms with van der Waals surface area (Å²) in [5, 5.41) is 21.6. The van der Waals surface area contributed by atoms with Crippen molar-refractivity contribution in [2.75, 3.05) is 51.1 Å². The third-order valence-corrected chi connectivity index (χ3v) is 15.4. The Morgan fingerprint density at radius 3 is 2.12 bits per heavy atom. The number of aliphatic hydroxyl groups is 1. The number of carbonyl (C=O) groups is 4. The van der Waals surface area contributed by atoms with Gasteiger partial charge in [-0.25, -0.2) is 9.97 Å². The second kappa shape index (κ2) is 23.5.